The lowest BCUT2D eigenvalue weighted by Gasteiger charge is -2.17. The summed E-state index contributed by atoms with van der Waals surface area (Å²) in [5, 5.41) is 19.9. The molecule has 1 atom stereocenters. The van der Waals surface area contributed by atoms with Gasteiger partial charge in [-0.2, -0.15) is 10.2 Å². The maximum absolute atomic E-state index is 11.7. The van der Waals surface area contributed by atoms with E-state index >= 15 is 0 Å². The summed E-state index contributed by atoms with van der Waals surface area (Å²) in [7, 11) is 1.58. The number of carbonyl (C=O) groups is 1. The largest absolute Gasteiger partial charge is 0.480 e. The first kappa shape index (κ1) is 38.0. The zero-order valence-corrected chi connectivity index (χ0v) is 32.8. The first-order valence-electron chi connectivity index (χ1n) is 17.5. The number of amidine groups is 1. The Kier molecular flexibility index (Phi) is 12.1. The monoisotopic (exact) mass is 840 g/mol. The van der Waals surface area contributed by atoms with E-state index in [0.29, 0.717) is 75.0 Å². The Morgan fingerprint density at radius 1 is 0.927 bits per heavy atom. The highest BCUT2D eigenvalue weighted by Crippen LogP contribution is 2.41. The van der Waals surface area contributed by atoms with Crippen molar-refractivity contribution in [3.05, 3.63) is 115 Å². The number of methoxy groups -OCH3 is 1. The standard InChI is InChI=1S/C40H35BrCl2N8O4/c1-53-39-31(37-47-12-13-48-37)9-10-33(50-39)30-7-3-6-29(36(30)43)28-5-2-4-25(35(28)42)22-55-40-32(41)15-26(19-46-20-27-8-11-34(52)49-27)38(51-40)54-21-24-14-23(16-44)17-45-18-24/h2-7,9-10,14-15,17-18,27,46H,8,11-13,19-22H2,1H3,(H,47,48)(H,49,52)/t27-/m0/s1. The summed E-state index contributed by atoms with van der Waals surface area (Å²) in [5.74, 6) is 1.91. The lowest BCUT2D eigenvalue weighted by Crippen LogP contribution is -2.35. The number of benzene rings is 2. The summed E-state index contributed by atoms with van der Waals surface area (Å²) in [6.45, 7) is 2.73. The molecular weight excluding hydrogens is 807 g/mol. The van der Waals surface area contributed by atoms with Gasteiger partial charge in [0, 0.05) is 77.9 Å². The molecule has 0 unspecified atom stereocenters. The van der Waals surface area contributed by atoms with Crippen LogP contribution in [-0.2, 0) is 24.6 Å². The molecule has 2 aromatic carbocycles. The van der Waals surface area contributed by atoms with E-state index in [0.717, 1.165) is 52.2 Å². The molecule has 15 heteroatoms. The molecule has 0 aliphatic carbocycles. The molecule has 3 aromatic heterocycles. The molecule has 55 heavy (non-hydrogen) atoms. The molecule has 2 aliphatic rings. The molecule has 0 spiro atoms. The Morgan fingerprint density at radius 2 is 1.73 bits per heavy atom. The Bertz CT molecular complexity index is 2320. The van der Waals surface area contributed by atoms with Crippen LogP contribution in [0, 0.1) is 11.3 Å². The molecule has 5 aromatic rings. The second-order valence-electron chi connectivity index (χ2n) is 12.8. The minimum absolute atomic E-state index is 0.0602. The van der Waals surface area contributed by atoms with Crippen molar-refractivity contribution in [2.75, 3.05) is 26.7 Å². The lowest BCUT2D eigenvalue weighted by atomic mass is 9.99. The molecule has 1 fully saturated rings. The summed E-state index contributed by atoms with van der Waals surface area (Å²) < 4.78 is 18.7. The predicted octanol–water partition coefficient (Wildman–Crippen LogP) is 7.03. The van der Waals surface area contributed by atoms with E-state index in [1.165, 1.54) is 6.20 Å². The number of rotatable bonds is 14. The van der Waals surface area contributed by atoms with Crippen LogP contribution < -0.4 is 30.2 Å². The molecule has 2 aliphatic heterocycles. The van der Waals surface area contributed by atoms with Gasteiger partial charge in [-0.05, 0) is 46.6 Å². The number of nitrogens with zero attached hydrogens (tertiary/aromatic N) is 5. The Labute approximate surface area is 336 Å². The molecule has 280 valence electrons. The summed E-state index contributed by atoms with van der Waals surface area (Å²) in [4.78, 5) is 29.8. The van der Waals surface area contributed by atoms with Crippen molar-refractivity contribution in [2.24, 2.45) is 4.99 Å². The number of aromatic nitrogens is 3. The molecule has 3 N–H and O–H groups in total. The van der Waals surface area contributed by atoms with Gasteiger partial charge in [0.2, 0.25) is 23.5 Å². The number of nitriles is 1. The third-order valence-electron chi connectivity index (χ3n) is 9.06. The van der Waals surface area contributed by atoms with E-state index in [4.69, 9.17) is 47.4 Å². The fraction of sp³-hybridized carbons (Fsp3) is 0.250. The fourth-order valence-corrected chi connectivity index (χ4v) is 7.41. The number of ether oxygens (including phenoxy) is 3. The van der Waals surface area contributed by atoms with Gasteiger partial charge in [0.25, 0.3) is 0 Å². The van der Waals surface area contributed by atoms with Gasteiger partial charge in [-0.1, -0.05) is 59.6 Å². The average molecular weight is 843 g/mol. The van der Waals surface area contributed by atoms with Gasteiger partial charge < -0.3 is 30.2 Å². The van der Waals surface area contributed by atoms with Crippen LogP contribution in [0.3, 0.4) is 0 Å². The highest BCUT2D eigenvalue weighted by molar-refractivity contribution is 9.10. The van der Waals surface area contributed by atoms with Gasteiger partial charge in [-0.15, -0.1) is 0 Å². The van der Waals surface area contributed by atoms with Crippen molar-refractivity contribution in [3.8, 4) is 46.1 Å². The van der Waals surface area contributed by atoms with Gasteiger partial charge in [0.15, 0.2) is 0 Å². The van der Waals surface area contributed by atoms with Gasteiger partial charge >= 0.3 is 0 Å². The van der Waals surface area contributed by atoms with Crippen molar-refractivity contribution < 1.29 is 19.0 Å². The molecular formula is C40H35BrCl2N8O4. The van der Waals surface area contributed by atoms with E-state index in [2.05, 4.69) is 47.9 Å². The molecule has 7 rings (SSSR count). The number of carbonyl (C=O) groups excluding carboxylic acids is 1. The van der Waals surface area contributed by atoms with Crippen molar-refractivity contribution in [1.29, 1.82) is 5.26 Å². The van der Waals surface area contributed by atoms with Crippen molar-refractivity contribution in [3.63, 3.8) is 0 Å². The van der Waals surface area contributed by atoms with Gasteiger partial charge in [0.1, 0.15) is 25.1 Å². The summed E-state index contributed by atoms with van der Waals surface area (Å²) in [5.41, 5.74) is 6.26. The lowest BCUT2D eigenvalue weighted by molar-refractivity contribution is -0.119. The SMILES string of the molecule is COc1nc(-c2cccc(-c3cccc(COc4nc(OCc5cncc(C#N)c5)c(CNC[C@@H]5CCC(=O)N5)cc4Br)c3Cl)c2Cl)ccc1C1=NCCN1. The van der Waals surface area contributed by atoms with E-state index in [1.807, 2.05) is 54.6 Å². The molecule has 5 heterocycles. The van der Waals surface area contributed by atoms with Crippen LogP contribution >= 0.6 is 39.1 Å². The second-order valence-corrected chi connectivity index (χ2v) is 14.4. The number of hydrogen-bond donors (Lipinski definition) is 3. The Balaban J connectivity index is 1.11. The molecule has 12 nitrogen and oxygen atoms in total. The third-order valence-corrected chi connectivity index (χ3v) is 10.5. The Hall–Kier alpha value is -5.26. The van der Waals surface area contributed by atoms with Crippen LogP contribution in [0.25, 0.3) is 22.4 Å². The smallest absolute Gasteiger partial charge is 0.231 e. The van der Waals surface area contributed by atoms with E-state index in [9.17, 15) is 10.1 Å². The highest BCUT2D eigenvalue weighted by Gasteiger charge is 2.22. The van der Waals surface area contributed by atoms with Crippen LogP contribution in [0.2, 0.25) is 10.0 Å². The number of aliphatic imine (C=N–C) groups is 1. The third kappa shape index (κ3) is 8.84. The average Bonchev–Trinajstić information content (AvgIpc) is 3.90. The second kappa shape index (κ2) is 17.5. The number of pyridine rings is 3. The Morgan fingerprint density at radius 3 is 2.49 bits per heavy atom. The number of amides is 1. The van der Waals surface area contributed by atoms with E-state index < -0.39 is 0 Å². The van der Waals surface area contributed by atoms with E-state index in [1.54, 1.807) is 19.4 Å². The molecule has 0 saturated carbocycles. The highest BCUT2D eigenvalue weighted by atomic mass is 79.9. The zero-order valence-electron chi connectivity index (χ0n) is 29.7. The van der Waals surface area contributed by atoms with Gasteiger partial charge in [-0.25, -0.2) is 4.98 Å². The van der Waals surface area contributed by atoms with Crippen LogP contribution in [-0.4, -0.2) is 59.5 Å². The quantitative estimate of drug-likeness (QED) is 0.106. The molecule has 1 amide bonds. The van der Waals surface area contributed by atoms with E-state index in [-0.39, 0.29) is 25.2 Å². The number of halogens is 3. The van der Waals surface area contributed by atoms with Crippen molar-refractivity contribution in [2.45, 2.75) is 38.6 Å². The van der Waals surface area contributed by atoms with Gasteiger partial charge in [0.05, 0.1) is 45.0 Å². The maximum atomic E-state index is 11.7. The summed E-state index contributed by atoms with van der Waals surface area (Å²) in [6, 6.07) is 21.0. The summed E-state index contributed by atoms with van der Waals surface area (Å²) >= 11 is 17.8. The molecule has 0 radical (unpaired) electrons. The van der Waals surface area contributed by atoms with Gasteiger partial charge in [-0.3, -0.25) is 14.8 Å². The van der Waals surface area contributed by atoms with Crippen LogP contribution in [0.4, 0.5) is 0 Å². The van der Waals surface area contributed by atoms with Crippen LogP contribution in [0.1, 0.15) is 40.7 Å². The number of hydrogen-bond acceptors (Lipinski definition) is 11. The minimum atomic E-state index is 0.0602. The van der Waals surface area contributed by atoms with Crippen LogP contribution in [0.5, 0.6) is 17.6 Å². The topological polar surface area (TPSA) is 156 Å². The fourth-order valence-electron chi connectivity index (χ4n) is 6.33. The first-order chi connectivity index (χ1) is 26.8. The van der Waals surface area contributed by atoms with Crippen molar-refractivity contribution >= 4 is 50.9 Å². The normalized spacial score (nSPS) is 14.9. The maximum Gasteiger partial charge on any atom is 0.231 e. The van der Waals surface area contributed by atoms with Crippen LogP contribution in [0.15, 0.2) is 82.5 Å². The molecule has 0 bridgehead atoms. The summed E-state index contributed by atoms with van der Waals surface area (Å²) in [6.07, 6.45) is 4.44. The first-order valence-corrected chi connectivity index (χ1v) is 19.1. The number of nitrogens with one attached hydrogen (secondary N) is 3. The van der Waals surface area contributed by atoms with Crippen molar-refractivity contribution in [1.82, 2.24) is 30.9 Å². The zero-order chi connectivity index (χ0) is 38.3. The predicted molar refractivity (Wildman–Crippen MR) is 214 cm³/mol. The molecule has 1 saturated heterocycles. The minimum Gasteiger partial charge on any atom is -0.480 e.